The van der Waals surface area contributed by atoms with Crippen LogP contribution >= 0.6 is 0 Å². The highest BCUT2D eigenvalue weighted by molar-refractivity contribution is 5.93. The summed E-state index contributed by atoms with van der Waals surface area (Å²) < 4.78 is 41.9. The number of benzene rings is 1. The minimum atomic E-state index is -4.68. The second-order valence-electron chi connectivity index (χ2n) is 6.19. The van der Waals surface area contributed by atoms with E-state index in [0.717, 1.165) is 24.0 Å². The molecule has 1 amide bonds. The van der Waals surface area contributed by atoms with Crippen LogP contribution in [-0.2, 0) is 11.0 Å². The first-order chi connectivity index (χ1) is 12.9. The van der Waals surface area contributed by atoms with Gasteiger partial charge in [-0.15, -0.1) is 0 Å². The van der Waals surface area contributed by atoms with E-state index in [1.807, 2.05) is 0 Å². The maximum Gasteiger partial charge on any atom is 0.471 e. The number of hydrogen-bond donors (Lipinski definition) is 1. The molecule has 1 aliphatic rings. The summed E-state index contributed by atoms with van der Waals surface area (Å²) in [6.45, 7) is 0. The van der Waals surface area contributed by atoms with E-state index in [1.165, 1.54) is 0 Å². The molecule has 1 fully saturated rings. The summed E-state index contributed by atoms with van der Waals surface area (Å²) in [7, 11) is 0. The van der Waals surface area contributed by atoms with Gasteiger partial charge in [0, 0.05) is 17.7 Å². The summed E-state index contributed by atoms with van der Waals surface area (Å²) in [6.07, 6.45) is -1.29. The highest BCUT2D eigenvalue weighted by Gasteiger charge is 2.38. The lowest BCUT2D eigenvalue weighted by Crippen LogP contribution is -2.14. The quantitative estimate of drug-likeness (QED) is 0.741. The smallest absolute Gasteiger partial charge is 0.329 e. The van der Waals surface area contributed by atoms with Gasteiger partial charge >= 0.3 is 12.1 Å². The van der Waals surface area contributed by atoms with Gasteiger partial charge in [0.25, 0.3) is 0 Å². The predicted octanol–water partition coefficient (Wildman–Crippen LogP) is 4.17. The zero-order chi connectivity index (χ0) is 19.0. The van der Waals surface area contributed by atoms with Crippen LogP contribution in [0.5, 0.6) is 0 Å². The van der Waals surface area contributed by atoms with Crippen molar-refractivity contribution in [2.75, 3.05) is 5.32 Å². The predicted molar refractivity (Wildman–Crippen MR) is 89.3 cm³/mol. The van der Waals surface area contributed by atoms with Gasteiger partial charge in [-0.1, -0.05) is 29.4 Å². The van der Waals surface area contributed by atoms with Crippen molar-refractivity contribution in [1.82, 2.24) is 15.1 Å². The third-order valence-electron chi connectivity index (χ3n) is 4.10. The summed E-state index contributed by atoms with van der Waals surface area (Å²) in [5.41, 5.74) is 2.02. The van der Waals surface area contributed by atoms with Crippen molar-refractivity contribution in [3.8, 4) is 22.5 Å². The highest BCUT2D eigenvalue weighted by atomic mass is 19.4. The molecule has 138 valence electrons. The van der Waals surface area contributed by atoms with E-state index < -0.39 is 12.1 Å². The fourth-order valence-corrected chi connectivity index (χ4v) is 2.52. The number of nitrogens with one attached hydrogen (secondary N) is 1. The highest BCUT2D eigenvalue weighted by Crippen LogP contribution is 2.31. The van der Waals surface area contributed by atoms with E-state index in [0.29, 0.717) is 11.4 Å². The molecule has 0 unspecified atom stereocenters. The van der Waals surface area contributed by atoms with Crippen molar-refractivity contribution in [3.05, 3.63) is 48.5 Å². The molecule has 0 radical (unpaired) electrons. The standard InChI is InChI=1S/C18H13F3N4O2/c19-18(20,21)17-24-15(25-27-17)11-3-1-10(2-4-11)13-7-8-22-14(9-13)23-16(26)12-5-6-12/h1-4,7-9,12H,5-6H2,(H,22,23,26). The Kier molecular flexibility index (Phi) is 4.14. The average Bonchev–Trinajstić information content (AvgIpc) is 3.37. The summed E-state index contributed by atoms with van der Waals surface area (Å²) in [6, 6.07) is 10.2. The molecule has 0 bridgehead atoms. The molecule has 9 heteroatoms. The molecule has 1 aliphatic carbocycles. The molecule has 0 spiro atoms. The summed E-state index contributed by atoms with van der Waals surface area (Å²) >= 11 is 0. The van der Waals surface area contributed by atoms with Crippen molar-refractivity contribution in [2.24, 2.45) is 5.92 Å². The van der Waals surface area contributed by atoms with Crippen LogP contribution in [0.25, 0.3) is 22.5 Å². The van der Waals surface area contributed by atoms with Gasteiger partial charge < -0.3 is 9.84 Å². The van der Waals surface area contributed by atoms with Crippen LogP contribution in [0.2, 0.25) is 0 Å². The molecular formula is C18H13F3N4O2. The van der Waals surface area contributed by atoms with Crippen LogP contribution in [0.4, 0.5) is 19.0 Å². The second-order valence-corrected chi connectivity index (χ2v) is 6.19. The van der Waals surface area contributed by atoms with Crippen LogP contribution in [0.15, 0.2) is 47.1 Å². The lowest BCUT2D eigenvalue weighted by Gasteiger charge is -2.07. The van der Waals surface area contributed by atoms with E-state index in [-0.39, 0.29) is 17.6 Å². The van der Waals surface area contributed by atoms with Gasteiger partial charge in [-0.3, -0.25) is 4.79 Å². The topological polar surface area (TPSA) is 80.9 Å². The lowest BCUT2D eigenvalue weighted by molar-refractivity contribution is -0.159. The van der Waals surface area contributed by atoms with E-state index in [2.05, 4.69) is 25.0 Å². The second kappa shape index (κ2) is 6.49. The molecule has 0 atom stereocenters. The van der Waals surface area contributed by atoms with Gasteiger partial charge in [-0.2, -0.15) is 18.2 Å². The summed E-state index contributed by atoms with van der Waals surface area (Å²) in [5.74, 6) is -1.02. The van der Waals surface area contributed by atoms with Crippen LogP contribution in [-0.4, -0.2) is 21.0 Å². The molecular weight excluding hydrogens is 361 g/mol. The number of pyridine rings is 1. The molecule has 0 saturated heterocycles. The molecule has 4 rings (SSSR count). The number of hydrogen-bond acceptors (Lipinski definition) is 5. The maximum atomic E-state index is 12.6. The number of amides is 1. The lowest BCUT2D eigenvalue weighted by atomic mass is 10.0. The zero-order valence-corrected chi connectivity index (χ0v) is 13.8. The number of rotatable bonds is 4. The van der Waals surface area contributed by atoms with Crippen molar-refractivity contribution >= 4 is 11.7 Å². The minimum Gasteiger partial charge on any atom is -0.329 e. The molecule has 3 aromatic rings. The molecule has 6 nitrogen and oxygen atoms in total. The summed E-state index contributed by atoms with van der Waals surface area (Å²) in [5, 5.41) is 6.14. The maximum absolute atomic E-state index is 12.6. The molecule has 2 heterocycles. The summed E-state index contributed by atoms with van der Waals surface area (Å²) in [4.78, 5) is 19.3. The minimum absolute atomic E-state index is 0.0347. The fourth-order valence-electron chi connectivity index (χ4n) is 2.52. The fraction of sp³-hybridized carbons (Fsp3) is 0.222. The number of halogens is 3. The third-order valence-corrected chi connectivity index (χ3v) is 4.10. The Morgan fingerprint density at radius 3 is 2.41 bits per heavy atom. The van der Waals surface area contributed by atoms with Gasteiger partial charge in [-0.25, -0.2) is 4.98 Å². The largest absolute Gasteiger partial charge is 0.471 e. The van der Waals surface area contributed by atoms with Gasteiger partial charge in [-0.05, 0) is 36.1 Å². The van der Waals surface area contributed by atoms with Gasteiger partial charge in [0.15, 0.2) is 0 Å². The normalized spacial score (nSPS) is 14.2. The van der Waals surface area contributed by atoms with Crippen LogP contribution < -0.4 is 5.32 Å². The van der Waals surface area contributed by atoms with E-state index in [9.17, 15) is 18.0 Å². The zero-order valence-electron chi connectivity index (χ0n) is 13.8. The number of nitrogens with zero attached hydrogens (tertiary/aromatic N) is 3. The Balaban J connectivity index is 1.53. The van der Waals surface area contributed by atoms with E-state index in [4.69, 9.17) is 0 Å². The Morgan fingerprint density at radius 2 is 1.78 bits per heavy atom. The van der Waals surface area contributed by atoms with E-state index >= 15 is 0 Å². The van der Waals surface area contributed by atoms with Crippen molar-refractivity contribution < 1.29 is 22.5 Å². The molecule has 1 aromatic carbocycles. The van der Waals surface area contributed by atoms with Crippen molar-refractivity contribution in [2.45, 2.75) is 19.0 Å². The Hall–Kier alpha value is -3.23. The van der Waals surface area contributed by atoms with Crippen LogP contribution in [0, 0.1) is 5.92 Å². The molecule has 2 aromatic heterocycles. The Bertz CT molecular complexity index is 979. The first-order valence-electron chi connectivity index (χ1n) is 8.19. The van der Waals surface area contributed by atoms with E-state index in [1.54, 1.807) is 42.6 Å². The molecule has 1 saturated carbocycles. The third kappa shape index (κ3) is 3.81. The van der Waals surface area contributed by atoms with Crippen molar-refractivity contribution in [3.63, 3.8) is 0 Å². The Morgan fingerprint density at radius 1 is 1.07 bits per heavy atom. The number of carbonyl (C=O) groups is 1. The van der Waals surface area contributed by atoms with Crippen LogP contribution in [0.3, 0.4) is 0 Å². The molecule has 1 N–H and O–H groups in total. The first-order valence-corrected chi connectivity index (χ1v) is 8.19. The van der Waals surface area contributed by atoms with Crippen molar-refractivity contribution in [1.29, 1.82) is 0 Å². The molecule has 0 aliphatic heterocycles. The number of alkyl halides is 3. The average molecular weight is 374 g/mol. The van der Waals surface area contributed by atoms with Gasteiger partial charge in [0.1, 0.15) is 5.82 Å². The molecule has 27 heavy (non-hydrogen) atoms. The first kappa shape index (κ1) is 17.2. The number of anilines is 1. The van der Waals surface area contributed by atoms with Gasteiger partial charge in [0.05, 0.1) is 0 Å². The SMILES string of the molecule is O=C(Nc1cc(-c2ccc(-c3noc(C(F)(F)F)n3)cc2)ccn1)C1CC1. The number of aromatic nitrogens is 3. The Labute approximate surface area is 151 Å². The number of carbonyl (C=O) groups excluding carboxylic acids is 1. The van der Waals surface area contributed by atoms with Crippen LogP contribution in [0.1, 0.15) is 18.7 Å². The monoisotopic (exact) mass is 374 g/mol. The van der Waals surface area contributed by atoms with Gasteiger partial charge in [0.2, 0.25) is 11.7 Å².